The second-order valence-corrected chi connectivity index (χ2v) is 7.03. The lowest BCUT2D eigenvalue weighted by molar-refractivity contribution is 0.296. The topological polar surface area (TPSA) is 75.2 Å². The molecule has 30 heavy (non-hydrogen) atoms. The molecule has 0 unspecified atom stereocenters. The van der Waals surface area contributed by atoms with Crippen molar-refractivity contribution in [2.24, 2.45) is 0 Å². The number of rotatable bonds is 7. The first kappa shape index (κ1) is 19.5. The predicted molar refractivity (Wildman–Crippen MR) is 118 cm³/mol. The van der Waals surface area contributed by atoms with Crippen LogP contribution >= 0.6 is 0 Å². The van der Waals surface area contributed by atoms with E-state index in [1.54, 1.807) is 11.8 Å². The molecule has 0 aliphatic rings. The Hall–Kier alpha value is -3.80. The molecule has 0 radical (unpaired) electrons. The number of methoxy groups -OCH3 is 1. The highest BCUT2D eigenvalue weighted by Gasteiger charge is 2.15. The maximum absolute atomic E-state index is 5.88. The maximum atomic E-state index is 5.88. The van der Waals surface area contributed by atoms with E-state index in [4.69, 9.17) is 15.2 Å². The molecule has 152 valence electrons. The SMILES string of the molecule is COc1ccc(CCOc2nc(-c3ccc(C)cc3)n(-c3ccc(N)cc3)n2)cc1. The molecular formula is C24H24N4O2. The molecule has 0 saturated carbocycles. The smallest absolute Gasteiger partial charge is 0.336 e. The van der Waals surface area contributed by atoms with Crippen molar-refractivity contribution >= 4 is 5.69 Å². The summed E-state index contributed by atoms with van der Waals surface area (Å²) < 4.78 is 12.9. The van der Waals surface area contributed by atoms with Gasteiger partial charge in [0.1, 0.15) is 5.75 Å². The average molecular weight is 400 g/mol. The van der Waals surface area contributed by atoms with Crippen molar-refractivity contribution in [3.8, 4) is 28.8 Å². The molecule has 6 heteroatoms. The number of hydrogen-bond donors (Lipinski definition) is 1. The summed E-state index contributed by atoms with van der Waals surface area (Å²) in [4.78, 5) is 4.65. The molecule has 4 rings (SSSR count). The number of nitrogen functional groups attached to an aromatic ring is 1. The van der Waals surface area contributed by atoms with Crippen LogP contribution in [-0.4, -0.2) is 28.5 Å². The minimum Gasteiger partial charge on any atom is -0.497 e. The van der Waals surface area contributed by atoms with Crippen molar-refractivity contribution in [1.82, 2.24) is 14.8 Å². The van der Waals surface area contributed by atoms with Gasteiger partial charge in [-0.25, -0.2) is 4.68 Å². The number of ether oxygens (including phenoxy) is 2. The molecule has 0 aliphatic heterocycles. The maximum Gasteiger partial charge on any atom is 0.336 e. The minimum atomic E-state index is 0.343. The Labute approximate surface area is 175 Å². The Morgan fingerprint density at radius 2 is 1.60 bits per heavy atom. The summed E-state index contributed by atoms with van der Waals surface area (Å²) in [6.45, 7) is 2.54. The zero-order valence-corrected chi connectivity index (χ0v) is 17.1. The van der Waals surface area contributed by atoms with E-state index in [0.717, 1.165) is 34.8 Å². The van der Waals surface area contributed by atoms with Gasteiger partial charge in [0.2, 0.25) is 0 Å². The lowest BCUT2D eigenvalue weighted by Gasteiger charge is -2.06. The average Bonchev–Trinajstić information content (AvgIpc) is 3.19. The van der Waals surface area contributed by atoms with Gasteiger partial charge >= 0.3 is 6.01 Å². The lowest BCUT2D eigenvalue weighted by Crippen LogP contribution is -2.03. The standard InChI is InChI=1S/C24H24N4O2/c1-17-3-7-19(8-4-17)23-26-24(27-28(23)21-11-9-20(25)10-12-21)30-16-15-18-5-13-22(29-2)14-6-18/h3-14H,15-16,25H2,1-2H3. The number of nitrogens with two attached hydrogens (primary N) is 1. The predicted octanol–water partition coefficient (Wildman–Crippen LogP) is 4.46. The van der Waals surface area contributed by atoms with E-state index >= 15 is 0 Å². The molecule has 2 N–H and O–H groups in total. The van der Waals surface area contributed by atoms with Crippen LogP contribution in [0.15, 0.2) is 72.8 Å². The van der Waals surface area contributed by atoms with E-state index in [2.05, 4.69) is 29.1 Å². The summed E-state index contributed by atoms with van der Waals surface area (Å²) in [6.07, 6.45) is 0.750. The van der Waals surface area contributed by atoms with Gasteiger partial charge in [-0.05, 0) is 48.9 Å². The van der Waals surface area contributed by atoms with Gasteiger partial charge in [0.05, 0.1) is 19.4 Å². The van der Waals surface area contributed by atoms with Crippen LogP contribution in [0.5, 0.6) is 11.8 Å². The molecule has 4 aromatic rings. The van der Waals surface area contributed by atoms with Gasteiger partial charge in [-0.15, -0.1) is 5.10 Å². The number of benzene rings is 3. The van der Waals surface area contributed by atoms with Crippen molar-refractivity contribution in [2.75, 3.05) is 19.5 Å². The fourth-order valence-electron chi connectivity index (χ4n) is 3.09. The molecule has 0 amide bonds. The zero-order chi connectivity index (χ0) is 20.9. The van der Waals surface area contributed by atoms with Crippen LogP contribution in [-0.2, 0) is 6.42 Å². The fourth-order valence-corrected chi connectivity index (χ4v) is 3.09. The van der Waals surface area contributed by atoms with Crippen molar-refractivity contribution in [3.63, 3.8) is 0 Å². The van der Waals surface area contributed by atoms with Crippen LogP contribution in [0.1, 0.15) is 11.1 Å². The summed E-state index contributed by atoms with van der Waals surface area (Å²) >= 11 is 0. The van der Waals surface area contributed by atoms with E-state index in [9.17, 15) is 0 Å². The molecule has 6 nitrogen and oxygen atoms in total. The van der Waals surface area contributed by atoms with E-state index in [0.29, 0.717) is 18.3 Å². The molecule has 0 aliphatic carbocycles. The van der Waals surface area contributed by atoms with Crippen LogP contribution < -0.4 is 15.2 Å². The summed E-state index contributed by atoms with van der Waals surface area (Å²) in [5.41, 5.74) is 10.7. The van der Waals surface area contributed by atoms with E-state index < -0.39 is 0 Å². The highest BCUT2D eigenvalue weighted by Crippen LogP contribution is 2.24. The first-order valence-electron chi connectivity index (χ1n) is 9.78. The van der Waals surface area contributed by atoms with Crippen molar-refractivity contribution in [3.05, 3.63) is 83.9 Å². The van der Waals surface area contributed by atoms with Gasteiger partial charge in [-0.1, -0.05) is 42.0 Å². The van der Waals surface area contributed by atoms with Gasteiger partial charge < -0.3 is 15.2 Å². The highest BCUT2D eigenvalue weighted by molar-refractivity contribution is 5.59. The fraction of sp³-hybridized carbons (Fsp3) is 0.167. The van der Waals surface area contributed by atoms with Crippen molar-refractivity contribution < 1.29 is 9.47 Å². The summed E-state index contributed by atoms with van der Waals surface area (Å²) in [6, 6.07) is 24.0. The zero-order valence-electron chi connectivity index (χ0n) is 17.1. The van der Waals surface area contributed by atoms with Gasteiger partial charge in [-0.3, -0.25) is 0 Å². The van der Waals surface area contributed by atoms with Crippen LogP contribution in [0.3, 0.4) is 0 Å². The van der Waals surface area contributed by atoms with Crippen molar-refractivity contribution in [1.29, 1.82) is 0 Å². The van der Waals surface area contributed by atoms with E-state index in [1.165, 1.54) is 5.56 Å². The molecule has 3 aromatic carbocycles. The lowest BCUT2D eigenvalue weighted by atomic mass is 10.1. The summed E-state index contributed by atoms with van der Waals surface area (Å²) in [5.74, 6) is 1.56. The van der Waals surface area contributed by atoms with Gasteiger partial charge in [-0.2, -0.15) is 4.98 Å². The van der Waals surface area contributed by atoms with Crippen LogP contribution in [0, 0.1) is 6.92 Å². The number of hydrogen-bond acceptors (Lipinski definition) is 5. The Balaban J connectivity index is 1.56. The van der Waals surface area contributed by atoms with Crippen LogP contribution in [0.25, 0.3) is 17.1 Å². The number of aromatic nitrogens is 3. The van der Waals surface area contributed by atoms with E-state index in [1.807, 2.05) is 60.7 Å². The Morgan fingerprint density at radius 3 is 2.27 bits per heavy atom. The minimum absolute atomic E-state index is 0.343. The molecule has 0 spiro atoms. The second-order valence-electron chi connectivity index (χ2n) is 7.03. The monoisotopic (exact) mass is 400 g/mol. The third-order valence-electron chi connectivity index (χ3n) is 4.82. The molecule has 0 fully saturated rings. The third-order valence-corrected chi connectivity index (χ3v) is 4.82. The Kier molecular flexibility index (Phi) is 5.66. The first-order chi connectivity index (χ1) is 14.6. The summed E-state index contributed by atoms with van der Waals surface area (Å²) in [5, 5.41) is 4.59. The van der Waals surface area contributed by atoms with Gasteiger partial charge in [0.25, 0.3) is 0 Å². The summed E-state index contributed by atoms with van der Waals surface area (Å²) in [7, 11) is 1.66. The molecule has 1 heterocycles. The number of aryl methyl sites for hydroxylation is 1. The second kappa shape index (κ2) is 8.69. The molecular weight excluding hydrogens is 376 g/mol. The van der Waals surface area contributed by atoms with Crippen molar-refractivity contribution in [2.45, 2.75) is 13.3 Å². The highest BCUT2D eigenvalue weighted by atomic mass is 16.5. The molecule has 1 aromatic heterocycles. The quantitative estimate of drug-likeness (QED) is 0.464. The molecule has 0 saturated heterocycles. The Bertz CT molecular complexity index is 1040. The number of anilines is 1. The number of nitrogens with zero attached hydrogens (tertiary/aromatic N) is 3. The van der Waals surface area contributed by atoms with Crippen LogP contribution in [0.4, 0.5) is 5.69 Å². The third kappa shape index (κ3) is 4.43. The van der Waals surface area contributed by atoms with Gasteiger partial charge in [0.15, 0.2) is 5.82 Å². The first-order valence-corrected chi connectivity index (χ1v) is 9.78. The molecule has 0 atom stereocenters. The van der Waals surface area contributed by atoms with Crippen LogP contribution in [0.2, 0.25) is 0 Å². The normalized spacial score (nSPS) is 10.7. The largest absolute Gasteiger partial charge is 0.497 e. The van der Waals surface area contributed by atoms with Gasteiger partial charge in [0, 0.05) is 17.7 Å². The van der Waals surface area contributed by atoms with E-state index in [-0.39, 0.29) is 0 Å². The molecule has 0 bridgehead atoms. The Morgan fingerprint density at radius 1 is 0.900 bits per heavy atom.